The normalized spacial score (nSPS) is 16.7. The third-order valence-electron chi connectivity index (χ3n) is 6.36. The van der Waals surface area contributed by atoms with Crippen molar-refractivity contribution in [3.05, 3.63) is 66.0 Å². The number of nitrogens with zero attached hydrogens (tertiary/aromatic N) is 4. The van der Waals surface area contributed by atoms with Crippen LogP contribution in [-0.2, 0) is 0 Å². The summed E-state index contributed by atoms with van der Waals surface area (Å²) in [5, 5.41) is 11.7. The molecular formula is C26H29N5O3S. The summed E-state index contributed by atoms with van der Waals surface area (Å²) in [6.45, 7) is 6.49. The van der Waals surface area contributed by atoms with Crippen molar-refractivity contribution in [3.63, 3.8) is 0 Å². The van der Waals surface area contributed by atoms with E-state index < -0.39 is 10.6 Å². The Labute approximate surface area is 206 Å². The molecule has 9 heteroatoms. The average molecular weight is 492 g/mol. The number of rotatable bonds is 6. The SMILES string of the molecule is Cc1ncc(-c2ccc(S(O)(O)C(C)C)cc2)nc1-c1nnc(-c2ccc(C3CCCN3)cc2)o1. The second-order valence-electron chi connectivity index (χ2n) is 9.04. The molecule has 1 aliphatic rings. The largest absolute Gasteiger partial charge is 0.415 e. The second-order valence-corrected chi connectivity index (χ2v) is 11.6. The van der Waals surface area contributed by atoms with Crippen LogP contribution in [0.25, 0.3) is 34.3 Å². The highest BCUT2D eigenvalue weighted by molar-refractivity contribution is 8.24. The number of aryl methyl sites for hydroxylation is 1. The molecular weight excluding hydrogens is 462 g/mol. The molecule has 2 aromatic heterocycles. The number of benzene rings is 2. The Morgan fingerprint density at radius 1 is 0.971 bits per heavy atom. The highest BCUT2D eigenvalue weighted by Gasteiger charge is 2.21. The highest BCUT2D eigenvalue weighted by Crippen LogP contribution is 2.52. The van der Waals surface area contributed by atoms with Crippen LogP contribution in [0.15, 0.2) is 64.0 Å². The van der Waals surface area contributed by atoms with E-state index >= 15 is 0 Å². The smallest absolute Gasteiger partial charge is 0.268 e. The van der Waals surface area contributed by atoms with Crippen LogP contribution in [-0.4, -0.2) is 41.1 Å². The summed E-state index contributed by atoms with van der Waals surface area (Å²) < 4.78 is 26.8. The molecule has 35 heavy (non-hydrogen) atoms. The molecule has 1 unspecified atom stereocenters. The summed E-state index contributed by atoms with van der Waals surface area (Å²) >= 11 is 0. The third kappa shape index (κ3) is 4.72. The molecule has 5 rings (SSSR count). The predicted octanol–water partition coefficient (Wildman–Crippen LogP) is 6.11. The standard InChI is InChI=1S/C26H29N5O3S/c1-16(2)35(32,33)21-12-10-19(11-13-21)23-15-28-17(3)24(29-23)26-31-30-25(34-26)20-8-6-18(7-9-20)22-5-4-14-27-22/h6-13,15-16,22,27,32-33H,4-5,14H2,1-3H3. The van der Waals surface area contributed by atoms with Crippen LogP contribution >= 0.6 is 10.6 Å². The van der Waals surface area contributed by atoms with E-state index in [1.54, 1.807) is 32.2 Å². The predicted molar refractivity (Wildman–Crippen MR) is 137 cm³/mol. The lowest BCUT2D eigenvalue weighted by atomic mass is 10.0. The molecule has 0 bridgehead atoms. The summed E-state index contributed by atoms with van der Waals surface area (Å²) in [6, 6.07) is 15.7. The van der Waals surface area contributed by atoms with E-state index in [0.717, 1.165) is 24.1 Å². The first-order valence-corrected chi connectivity index (χ1v) is 13.3. The van der Waals surface area contributed by atoms with Crippen molar-refractivity contribution in [2.24, 2.45) is 0 Å². The van der Waals surface area contributed by atoms with Gasteiger partial charge < -0.3 is 9.73 Å². The Morgan fingerprint density at radius 3 is 2.31 bits per heavy atom. The maximum Gasteiger partial charge on any atom is 0.268 e. The summed E-state index contributed by atoms with van der Waals surface area (Å²) in [4.78, 5) is 9.71. The number of aromatic nitrogens is 4. The van der Waals surface area contributed by atoms with E-state index in [1.165, 1.54) is 12.0 Å². The van der Waals surface area contributed by atoms with Crippen molar-refractivity contribution in [1.29, 1.82) is 0 Å². The van der Waals surface area contributed by atoms with Gasteiger partial charge in [-0.25, -0.2) is 4.98 Å². The zero-order valence-corrected chi connectivity index (χ0v) is 20.8. The van der Waals surface area contributed by atoms with Gasteiger partial charge in [0.15, 0.2) is 0 Å². The van der Waals surface area contributed by atoms with Gasteiger partial charge in [-0.3, -0.25) is 14.1 Å². The van der Waals surface area contributed by atoms with Crippen LogP contribution in [0.3, 0.4) is 0 Å². The van der Waals surface area contributed by atoms with Gasteiger partial charge >= 0.3 is 0 Å². The minimum Gasteiger partial charge on any atom is -0.415 e. The van der Waals surface area contributed by atoms with Crippen LogP contribution in [0.2, 0.25) is 0 Å². The van der Waals surface area contributed by atoms with Crippen LogP contribution in [0.1, 0.15) is 44.0 Å². The summed E-state index contributed by atoms with van der Waals surface area (Å²) in [7, 11) is -2.84. The van der Waals surface area contributed by atoms with Crippen molar-refractivity contribution in [2.75, 3.05) is 6.54 Å². The molecule has 1 saturated heterocycles. The van der Waals surface area contributed by atoms with E-state index in [-0.39, 0.29) is 5.25 Å². The van der Waals surface area contributed by atoms with Gasteiger partial charge in [0, 0.05) is 22.4 Å². The maximum absolute atomic E-state index is 10.4. The van der Waals surface area contributed by atoms with Crippen LogP contribution < -0.4 is 5.32 Å². The van der Waals surface area contributed by atoms with E-state index in [2.05, 4.69) is 32.6 Å². The van der Waals surface area contributed by atoms with Gasteiger partial charge in [0.1, 0.15) is 5.69 Å². The molecule has 2 aromatic carbocycles. The molecule has 0 radical (unpaired) electrons. The van der Waals surface area contributed by atoms with E-state index in [0.29, 0.717) is 39.8 Å². The van der Waals surface area contributed by atoms with Crippen molar-refractivity contribution in [1.82, 2.24) is 25.5 Å². The Balaban J connectivity index is 1.40. The van der Waals surface area contributed by atoms with Gasteiger partial charge in [0.25, 0.3) is 5.89 Å². The molecule has 1 fully saturated rings. The number of hydrogen-bond donors (Lipinski definition) is 3. The molecule has 3 heterocycles. The Bertz CT molecular complexity index is 1310. The van der Waals surface area contributed by atoms with Crippen molar-refractivity contribution in [2.45, 2.75) is 49.8 Å². The zero-order valence-electron chi connectivity index (χ0n) is 20.0. The summed E-state index contributed by atoms with van der Waals surface area (Å²) in [5.41, 5.74) is 4.75. The first-order chi connectivity index (χ1) is 16.8. The van der Waals surface area contributed by atoms with Crippen molar-refractivity contribution >= 4 is 10.6 Å². The third-order valence-corrected chi connectivity index (χ3v) is 8.64. The van der Waals surface area contributed by atoms with Crippen molar-refractivity contribution in [3.8, 4) is 34.3 Å². The fourth-order valence-corrected chi connectivity index (χ4v) is 5.23. The first-order valence-electron chi connectivity index (χ1n) is 11.7. The molecule has 0 spiro atoms. The molecule has 4 aromatic rings. The van der Waals surface area contributed by atoms with Gasteiger partial charge in [-0.15, -0.1) is 10.2 Å². The van der Waals surface area contributed by atoms with Crippen LogP contribution in [0, 0.1) is 6.92 Å². The molecule has 1 aliphatic heterocycles. The summed E-state index contributed by atoms with van der Waals surface area (Å²) in [5.74, 6) is 0.736. The van der Waals surface area contributed by atoms with Gasteiger partial charge in [0.05, 0.1) is 22.5 Å². The van der Waals surface area contributed by atoms with Gasteiger partial charge in [-0.05, 0) is 70.0 Å². The lowest BCUT2D eigenvalue weighted by Crippen LogP contribution is -2.12. The Morgan fingerprint density at radius 2 is 1.66 bits per heavy atom. The molecule has 182 valence electrons. The molecule has 0 saturated carbocycles. The van der Waals surface area contributed by atoms with Crippen LogP contribution in [0.4, 0.5) is 0 Å². The van der Waals surface area contributed by atoms with Gasteiger partial charge in [0.2, 0.25) is 5.89 Å². The lowest BCUT2D eigenvalue weighted by molar-refractivity contribution is 0.476. The monoisotopic (exact) mass is 491 g/mol. The fraction of sp³-hybridized carbons (Fsp3) is 0.308. The number of nitrogens with one attached hydrogen (secondary N) is 1. The topological polar surface area (TPSA) is 117 Å². The minimum atomic E-state index is -2.84. The fourth-order valence-electron chi connectivity index (χ4n) is 4.15. The molecule has 3 N–H and O–H groups in total. The lowest BCUT2D eigenvalue weighted by Gasteiger charge is -2.36. The minimum absolute atomic E-state index is 0.263. The van der Waals surface area contributed by atoms with E-state index in [1.807, 2.05) is 31.2 Å². The van der Waals surface area contributed by atoms with E-state index in [9.17, 15) is 9.11 Å². The van der Waals surface area contributed by atoms with Gasteiger partial charge in [-0.1, -0.05) is 24.3 Å². The Hall–Kier alpha value is -3.11. The van der Waals surface area contributed by atoms with Crippen LogP contribution in [0.5, 0.6) is 0 Å². The highest BCUT2D eigenvalue weighted by atomic mass is 32.3. The van der Waals surface area contributed by atoms with E-state index in [4.69, 9.17) is 9.40 Å². The molecule has 0 aliphatic carbocycles. The van der Waals surface area contributed by atoms with Crippen molar-refractivity contribution < 1.29 is 13.5 Å². The molecule has 8 nitrogen and oxygen atoms in total. The second kappa shape index (κ2) is 9.50. The van der Waals surface area contributed by atoms with Gasteiger partial charge in [-0.2, -0.15) is 10.6 Å². The quantitative estimate of drug-likeness (QED) is 0.296. The first kappa shape index (κ1) is 23.6. The maximum atomic E-state index is 10.4. The Kier molecular flexibility index (Phi) is 6.41. The molecule has 1 atom stereocenters. The molecule has 0 amide bonds. The summed E-state index contributed by atoms with van der Waals surface area (Å²) in [6.07, 6.45) is 4.04. The zero-order chi connectivity index (χ0) is 24.6. The average Bonchev–Trinajstić information content (AvgIpc) is 3.57. The number of hydrogen-bond acceptors (Lipinski definition) is 8.